The number of benzene rings is 1. The topological polar surface area (TPSA) is 159 Å². The Balaban J connectivity index is 3.51. The molecule has 0 aliphatic carbocycles. The predicted molar refractivity (Wildman–Crippen MR) is 107 cm³/mol. The van der Waals surface area contributed by atoms with Gasteiger partial charge in [-0.15, -0.1) is 0 Å². The molecule has 1 rings (SSSR count). The number of ether oxygens (including phenoxy) is 3. The number of alkyl halides is 3. The van der Waals surface area contributed by atoms with Gasteiger partial charge in [-0.2, -0.15) is 0 Å². The number of nitrogens with zero attached hydrogens (tertiary/aromatic N) is 2. The van der Waals surface area contributed by atoms with Crippen LogP contribution in [0.3, 0.4) is 0 Å². The number of hydrogen-bond acceptors (Lipinski definition) is 9. The van der Waals surface area contributed by atoms with Crippen LogP contribution in [0.25, 0.3) is 5.53 Å². The van der Waals surface area contributed by atoms with E-state index in [0.717, 1.165) is 12.1 Å². The summed E-state index contributed by atoms with van der Waals surface area (Å²) in [7, 11) is -6.28. The first-order valence-electron chi connectivity index (χ1n) is 8.41. The molecule has 32 heavy (non-hydrogen) atoms. The number of carbonyl (C=O) groups is 3. The van der Waals surface area contributed by atoms with Gasteiger partial charge in [0.1, 0.15) is 0 Å². The van der Waals surface area contributed by atoms with Gasteiger partial charge in [0.05, 0.1) is 0 Å². The van der Waals surface area contributed by atoms with Crippen molar-refractivity contribution >= 4 is 52.0 Å². The second-order valence-electron chi connectivity index (χ2n) is 5.18. The van der Waals surface area contributed by atoms with Crippen molar-refractivity contribution < 1.29 is 57.5 Å². The predicted octanol–water partition coefficient (Wildman–Crippen LogP) is 2.06. The van der Waals surface area contributed by atoms with E-state index in [9.17, 15) is 41.5 Å². The van der Waals surface area contributed by atoms with Crippen molar-refractivity contribution in [2.75, 3.05) is 19.8 Å². The van der Waals surface area contributed by atoms with E-state index in [1.165, 1.54) is 26.0 Å². The zero-order valence-corrected chi connectivity index (χ0v) is 19.4. The second kappa shape index (κ2) is 11.9. The molecule has 16 heteroatoms. The third-order valence-electron chi connectivity index (χ3n) is 3.03. The van der Waals surface area contributed by atoms with Gasteiger partial charge in [0.2, 0.25) is 0 Å². The number of hydrogen-bond donors (Lipinski definition) is 0. The second-order valence-corrected chi connectivity index (χ2v) is 11.4. The average molecular weight is 596 g/mol. The number of esters is 3. The minimum atomic E-state index is -6.28. The summed E-state index contributed by atoms with van der Waals surface area (Å²) in [6, 6.07) is 4.46. The van der Waals surface area contributed by atoms with E-state index in [-0.39, 0.29) is 13.2 Å². The molecule has 0 aliphatic rings. The molecule has 0 saturated heterocycles. The van der Waals surface area contributed by atoms with Gasteiger partial charge in [-0.1, -0.05) is 0 Å². The van der Waals surface area contributed by atoms with E-state index in [1.807, 2.05) is 0 Å². The van der Waals surface area contributed by atoms with E-state index in [0.29, 0.717) is 0 Å². The summed E-state index contributed by atoms with van der Waals surface area (Å²) in [5, 5.41) is 0. The van der Waals surface area contributed by atoms with Crippen LogP contribution < -0.4 is 0 Å². The van der Waals surface area contributed by atoms with Crippen LogP contribution in [0, 0.1) is 3.57 Å². The Kier molecular flexibility index (Phi) is 10.2. The molecule has 0 saturated carbocycles. The van der Waals surface area contributed by atoms with Crippen LogP contribution in [0.1, 0.15) is 24.2 Å². The van der Waals surface area contributed by atoms with E-state index < -0.39 is 73.2 Å². The molecule has 0 aromatic heterocycles. The summed E-state index contributed by atoms with van der Waals surface area (Å²) < 4.78 is 78.5. The van der Waals surface area contributed by atoms with E-state index >= 15 is 0 Å². The Hall–Kier alpha value is -2.56. The van der Waals surface area contributed by atoms with E-state index in [1.54, 1.807) is 0 Å². The summed E-state index contributed by atoms with van der Waals surface area (Å²) in [5.74, 6) is -3.63. The van der Waals surface area contributed by atoms with Crippen molar-refractivity contribution in [3.05, 3.63) is 38.9 Å². The van der Waals surface area contributed by atoms with Crippen LogP contribution in [0.5, 0.6) is 0 Å². The standard InChI is InChI=1S/C16H16F3IN2O9S/c1-3-28-12(23)9-30-14(24)10-7-5-6-8-11(10)20(13(22-21)15(25)29-4-2)31-32(26,27)16(17,18)19/h5-8H,3-4,9H2,1-2H3. The molecule has 0 radical (unpaired) electrons. The Morgan fingerprint density at radius 2 is 1.66 bits per heavy atom. The van der Waals surface area contributed by atoms with Crippen LogP contribution in [0.4, 0.5) is 13.2 Å². The molecule has 11 nitrogen and oxygen atoms in total. The summed E-state index contributed by atoms with van der Waals surface area (Å²) in [6.45, 7) is 1.67. The van der Waals surface area contributed by atoms with Gasteiger partial charge in [-0.3, -0.25) is 0 Å². The Labute approximate surface area is 187 Å². The zero-order chi connectivity index (χ0) is 24.5. The van der Waals surface area contributed by atoms with Crippen molar-refractivity contribution in [3.63, 3.8) is 0 Å². The van der Waals surface area contributed by atoms with Crippen molar-refractivity contribution in [2.24, 2.45) is 0 Å². The quantitative estimate of drug-likeness (QED) is 0.0750. The summed E-state index contributed by atoms with van der Waals surface area (Å²) in [6.07, 6.45) is 0. The van der Waals surface area contributed by atoms with Gasteiger partial charge in [-0.25, -0.2) is 0 Å². The fourth-order valence-electron chi connectivity index (χ4n) is 1.80. The fraction of sp³-hybridized carbons (Fsp3) is 0.375. The molecule has 0 bridgehead atoms. The third kappa shape index (κ3) is 7.25. The summed E-state index contributed by atoms with van der Waals surface area (Å²) in [5.41, 5.74) is 2.81. The molecular formula is C16H16F3IN2O9S. The Morgan fingerprint density at radius 1 is 1.06 bits per heavy atom. The van der Waals surface area contributed by atoms with Crippen LogP contribution in [-0.2, 0) is 36.4 Å². The first-order chi connectivity index (χ1) is 14.9. The van der Waals surface area contributed by atoms with Crippen LogP contribution >= 0.6 is 20.2 Å². The van der Waals surface area contributed by atoms with Crippen molar-refractivity contribution in [3.8, 4) is 0 Å². The Bertz CT molecular complexity index is 1020. The van der Waals surface area contributed by atoms with Gasteiger partial charge in [0, 0.05) is 0 Å². The third-order valence-corrected chi connectivity index (χ3v) is 9.97. The first kappa shape index (κ1) is 27.5. The molecule has 0 N–H and O–H groups in total. The van der Waals surface area contributed by atoms with Gasteiger partial charge in [0.15, 0.2) is 0 Å². The number of rotatable bonds is 10. The summed E-state index contributed by atoms with van der Waals surface area (Å²) >= 11 is -4.61. The molecule has 0 heterocycles. The van der Waals surface area contributed by atoms with Gasteiger partial charge < -0.3 is 0 Å². The SMILES string of the molecule is CCOC(=O)COC(=O)c1ccccc1I(OS(=O)(=O)C(F)(F)F)C(=[N+]=[N-])C(=O)OCC. The van der Waals surface area contributed by atoms with Crippen molar-refractivity contribution in [2.45, 2.75) is 19.4 Å². The van der Waals surface area contributed by atoms with Gasteiger partial charge in [0.25, 0.3) is 0 Å². The number of halogens is 4. The molecule has 0 amide bonds. The van der Waals surface area contributed by atoms with Gasteiger partial charge >= 0.3 is 188 Å². The average Bonchev–Trinajstić information content (AvgIpc) is 2.71. The molecule has 1 aromatic rings. The van der Waals surface area contributed by atoms with Crippen molar-refractivity contribution in [1.82, 2.24) is 0 Å². The van der Waals surface area contributed by atoms with Crippen LogP contribution in [-0.4, -0.2) is 60.2 Å². The first-order valence-corrected chi connectivity index (χ1v) is 12.9. The maximum absolute atomic E-state index is 12.9. The molecule has 178 valence electrons. The minimum absolute atomic E-state index is 0.0121. The molecule has 0 fully saturated rings. The zero-order valence-electron chi connectivity index (χ0n) is 16.4. The normalized spacial score (nSPS) is 11.7. The van der Waals surface area contributed by atoms with E-state index in [2.05, 4.69) is 16.8 Å². The molecule has 1 aromatic carbocycles. The Morgan fingerprint density at radius 3 is 2.19 bits per heavy atom. The summed E-state index contributed by atoms with van der Waals surface area (Å²) in [4.78, 5) is 38.4. The molecule has 0 aliphatic heterocycles. The van der Waals surface area contributed by atoms with Gasteiger partial charge in [-0.05, 0) is 0 Å². The molecule has 0 atom stereocenters. The molecular weight excluding hydrogens is 580 g/mol. The number of carbonyl (C=O) groups excluding carboxylic acids is 3. The monoisotopic (exact) mass is 596 g/mol. The van der Waals surface area contributed by atoms with Crippen LogP contribution in [0.15, 0.2) is 24.3 Å². The van der Waals surface area contributed by atoms with Crippen molar-refractivity contribution in [1.29, 1.82) is 0 Å². The van der Waals surface area contributed by atoms with E-state index in [4.69, 9.17) is 4.74 Å². The molecule has 0 spiro atoms. The fourth-order valence-corrected chi connectivity index (χ4v) is 8.05. The van der Waals surface area contributed by atoms with Crippen LogP contribution in [0.2, 0.25) is 0 Å². The molecule has 0 unspecified atom stereocenters. The maximum atomic E-state index is 12.9.